The Morgan fingerprint density at radius 3 is 2.69 bits per heavy atom. The van der Waals surface area contributed by atoms with Crippen LogP contribution in [0.4, 0.5) is 0 Å². The van der Waals surface area contributed by atoms with E-state index in [0.29, 0.717) is 5.41 Å². The predicted octanol–water partition coefficient (Wildman–Crippen LogP) is 3.84. The molecule has 0 heteroatoms. The van der Waals surface area contributed by atoms with Crippen LogP contribution in [0.1, 0.15) is 29.2 Å². The molecule has 1 atom stereocenters. The van der Waals surface area contributed by atoms with Gasteiger partial charge in [-0.3, -0.25) is 0 Å². The minimum absolute atomic E-state index is 0.313. The molecule has 2 aromatic carbocycles. The minimum Gasteiger partial charge on any atom is -0.0619 e. The van der Waals surface area contributed by atoms with Crippen molar-refractivity contribution >= 4 is 0 Å². The zero-order chi connectivity index (χ0) is 10.9. The number of hydrogen-bond donors (Lipinski definition) is 0. The average Bonchev–Trinajstić information content (AvgIpc) is 2.49. The van der Waals surface area contributed by atoms with E-state index in [4.69, 9.17) is 0 Å². The third kappa shape index (κ3) is 0.723. The molecule has 0 saturated carbocycles. The number of rotatable bonds is 0. The summed E-state index contributed by atoms with van der Waals surface area (Å²) in [6.45, 7) is 4.63. The summed E-state index contributed by atoms with van der Waals surface area (Å²) in [5.74, 6) is 0. The van der Waals surface area contributed by atoms with E-state index in [1.165, 1.54) is 28.7 Å². The molecule has 1 unspecified atom stereocenters. The number of fused-ring (bicyclic) bond motifs is 3. The fraction of sp³-hybridized carbons (Fsp3) is 0.250. The molecule has 0 saturated heterocycles. The summed E-state index contributed by atoms with van der Waals surface area (Å²) in [5, 5.41) is 0. The van der Waals surface area contributed by atoms with Gasteiger partial charge in [0.2, 0.25) is 0 Å². The van der Waals surface area contributed by atoms with Gasteiger partial charge in [-0.05, 0) is 46.7 Å². The van der Waals surface area contributed by atoms with Crippen LogP contribution in [0.2, 0.25) is 0 Å². The van der Waals surface area contributed by atoms with Crippen molar-refractivity contribution in [2.45, 2.75) is 25.7 Å². The lowest BCUT2D eigenvalue weighted by Crippen LogP contribution is -2.35. The van der Waals surface area contributed by atoms with Gasteiger partial charge in [-0.15, -0.1) is 0 Å². The molecule has 0 bridgehead atoms. The highest BCUT2D eigenvalue weighted by atomic mass is 14.5. The van der Waals surface area contributed by atoms with Gasteiger partial charge in [-0.25, -0.2) is 0 Å². The summed E-state index contributed by atoms with van der Waals surface area (Å²) >= 11 is 0. The fourth-order valence-corrected chi connectivity index (χ4v) is 3.60. The Morgan fingerprint density at radius 2 is 1.81 bits per heavy atom. The van der Waals surface area contributed by atoms with Crippen LogP contribution >= 0.6 is 0 Å². The molecule has 2 aromatic rings. The van der Waals surface area contributed by atoms with E-state index in [2.05, 4.69) is 50.2 Å². The summed E-state index contributed by atoms with van der Waals surface area (Å²) in [6, 6.07) is 13.5. The molecular formula is C16H14. The Kier molecular flexibility index (Phi) is 1.29. The molecule has 0 N–H and O–H groups in total. The summed E-state index contributed by atoms with van der Waals surface area (Å²) in [7, 11) is 0. The van der Waals surface area contributed by atoms with Gasteiger partial charge in [0.15, 0.2) is 0 Å². The van der Waals surface area contributed by atoms with Crippen LogP contribution < -0.4 is 0 Å². The van der Waals surface area contributed by atoms with E-state index in [1.54, 1.807) is 11.1 Å². The topological polar surface area (TPSA) is 0 Å². The third-order valence-corrected chi connectivity index (χ3v) is 4.44. The zero-order valence-corrected chi connectivity index (χ0v) is 9.67. The second kappa shape index (κ2) is 2.40. The molecule has 0 aliphatic heterocycles. The van der Waals surface area contributed by atoms with Crippen molar-refractivity contribution < 1.29 is 0 Å². The quantitative estimate of drug-likeness (QED) is 0.614. The minimum atomic E-state index is 0.313. The van der Waals surface area contributed by atoms with Crippen LogP contribution in [0.25, 0.3) is 11.1 Å². The summed E-state index contributed by atoms with van der Waals surface area (Å²) in [6.07, 6.45) is 1.22. The first-order valence-electron chi connectivity index (χ1n) is 5.95. The molecule has 78 valence electrons. The number of hydrogen-bond acceptors (Lipinski definition) is 0. The smallest absolute Gasteiger partial charge is 0.0230 e. The van der Waals surface area contributed by atoms with Gasteiger partial charge in [0.1, 0.15) is 0 Å². The van der Waals surface area contributed by atoms with Gasteiger partial charge in [0, 0.05) is 5.41 Å². The molecule has 2 aliphatic rings. The third-order valence-electron chi connectivity index (χ3n) is 4.44. The van der Waals surface area contributed by atoms with Crippen molar-refractivity contribution in [3.63, 3.8) is 0 Å². The molecule has 0 nitrogen and oxygen atoms in total. The average molecular weight is 206 g/mol. The normalized spacial score (nSPS) is 23.6. The fourth-order valence-electron chi connectivity index (χ4n) is 3.60. The van der Waals surface area contributed by atoms with Crippen LogP contribution in [0.5, 0.6) is 0 Å². The van der Waals surface area contributed by atoms with Crippen LogP contribution in [0.3, 0.4) is 0 Å². The van der Waals surface area contributed by atoms with Gasteiger partial charge in [0.25, 0.3) is 0 Å². The highest BCUT2D eigenvalue weighted by molar-refractivity contribution is 5.86. The second-order valence-corrected chi connectivity index (χ2v) is 5.34. The predicted molar refractivity (Wildman–Crippen MR) is 66.8 cm³/mol. The van der Waals surface area contributed by atoms with Gasteiger partial charge in [-0.1, -0.05) is 43.3 Å². The lowest BCUT2D eigenvalue weighted by Gasteiger charge is -2.39. The monoisotopic (exact) mass is 206 g/mol. The van der Waals surface area contributed by atoms with Gasteiger partial charge in [0.05, 0.1) is 0 Å². The summed E-state index contributed by atoms with van der Waals surface area (Å²) in [5.41, 5.74) is 9.44. The van der Waals surface area contributed by atoms with Crippen molar-refractivity contribution in [2.75, 3.05) is 0 Å². The Morgan fingerprint density at radius 1 is 1.00 bits per heavy atom. The van der Waals surface area contributed by atoms with E-state index in [-0.39, 0.29) is 0 Å². The Hall–Kier alpha value is -1.56. The Balaban J connectivity index is 2.17. The molecule has 0 fully saturated rings. The first-order valence-corrected chi connectivity index (χ1v) is 5.95. The van der Waals surface area contributed by atoms with Gasteiger partial charge in [-0.2, -0.15) is 0 Å². The summed E-state index contributed by atoms with van der Waals surface area (Å²) in [4.78, 5) is 0. The highest BCUT2D eigenvalue weighted by Gasteiger charge is 2.48. The Labute approximate surface area is 95.9 Å². The number of aryl methyl sites for hydroxylation is 1. The van der Waals surface area contributed by atoms with E-state index < -0.39 is 0 Å². The lowest BCUT2D eigenvalue weighted by molar-refractivity contribution is 0.509. The van der Waals surface area contributed by atoms with Crippen molar-refractivity contribution in [1.29, 1.82) is 0 Å². The molecule has 0 amide bonds. The van der Waals surface area contributed by atoms with Crippen LogP contribution in [0.15, 0.2) is 36.4 Å². The second-order valence-electron chi connectivity index (χ2n) is 5.34. The highest BCUT2D eigenvalue weighted by Crippen LogP contribution is 2.58. The van der Waals surface area contributed by atoms with E-state index in [0.717, 1.165) is 0 Å². The molecule has 0 radical (unpaired) electrons. The number of benzene rings is 2. The van der Waals surface area contributed by atoms with Crippen LogP contribution in [-0.4, -0.2) is 0 Å². The molecular weight excluding hydrogens is 192 g/mol. The van der Waals surface area contributed by atoms with E-state index >= 15 is 0 Å². The lowest BCUT2D eigenvalue weighted by atomic mass is 9.63. The molecule has 4 rings (SSSR count). The SMILES string of the molecule is Cc1ccc2c3c1CC3(C)c1ccccc1-2. The largest absolute Gasteiger partial charge is 0.0619 e. The molecule has 0 aromatic heterocycles. The molecule has 2 aliphatic carbocycles. The van der Waals surface area contributed by atoms with Gasteiger partial charge < -0.3 is 0 Å². The van der Waals surface area contributed by atoms with E-state index in [9.17, 15) is 0 Å². The van der Waals surface area contributed by atoms with Crippen molar-refractivity contribution in [2.24, 2.45) is 0 Å². The zero-order valence-electron chi connectivity index (χ0n) is 9.67. The standard InChI is InChI=1S/C16H14/c1-10-7-8-12-11-5-3-4-6-14(11)16(2)9-13(10)15(12)16/h3-8H,9H2,1-2H3. The summed E-state index contributed by atoms with van der Waals surface area (Å²) < 4.78 is 0. The van der Waals surface area contributed by atoms with E-state index in [1.807, 2.05) is 0 Å². The maximum atomic E-state index is 2.39. The molecule has 0 heterocycles. The first kappa shape index (κ1) is 8.58. The van der Waals surface area contributed by atoms with Crippen LogP contribution in [0, 0.1) is 6.92 Å². The van der Waals surface area contributed by atoms with Crippen molar-refractivity contribution in [1.82, 2.24) is 0 Å². The molecule has 16 heavy (non-hydrogen) atoms. The maximum Gasteiger partial charge on any atom is 0.0230 e. The first-order chi connectivity index (χ1) is 7.72. The van der Waals surface area contributed by atoms with Gasteiger partial charge >= 0.3 is 0 Å². The van der Waals surface area contributed by atoms with Crippen molar-refractivity contribution in [3.8, 4) is 11.1 Å². The molecule has 0 spiro atoms. The Bertz CT molecular complexity index is 622. The maximum absolute atomic E-state index is 2.39. The van der Waals surface area contributed by atoms with Crippen LogP contribution in [-0.2, 0) is 11.8 Å². The van der Waals surface area contributed by atoms with Crippen molar-refractivity contribution in [3.05, 3.63) is 58.7 Å².